The third-order valence-electron chi connectivity index (χ3n) is 7.07. The molecule has 0 radical (unpaired) electrons. The van der Waals surface area contributed by atoms with Crippen molar-refractivity contribution >= 4 is 17.7 Å². The number of rotatable bonds is 6. The lowest BCUT2D eigenvalue weighted by molar-refractivity contribution is -0.169. The number of amides is 3. The zero-order valence-corrected chi connectivity index (χ0v) is 17.4. The standard InChI is InChI=1S/C22H30N2O4/c1-6-17(14-7-9-15(28-5)10-8-14)23-18(25)13-24-19(26)16-11-12-22(4,20(24)27)21(16,2)3/h7-10,16-17H,6,11-13H2,1-5H3,(H,23,25)/t16-,17-,22+/m1/s1. The van der Waals surface area contributed by atoms with Gasteiger partial charge in [-0.15, -0.1) is 0 Å². The smallest absolute Gasteiger partial charge is 0.240 e. The van der Waals surface area contributed by atoms with Crippen molar-refractivity contribution < 1.29 is 19.1 Å². The summed E-state index contributed by atoms with van der Waals surface area (Å²) in [7, 11) is 1.61. The summed E-state index contributed by atoms with van der Waals surface area (Å²) < 4.78 is 5.17. The lowest BCUT2D eigenvalue weighted by atomic mass is 9.62. The summed E-state index contributed by atoms with van der Waals surface area (Å²) >= 11 is 0. The lowest BCUT2D eigenvalue weighted by Gasteiger charge is -2.47. The van der Waals surface area contributed by atoms with Crippen LogP contribution in [0.2, 0.25) is 0 Å². The highest BCUT2D eigenvalue weighted by Crippen LogP contribution is 2.59. The fourth-order valence-electron chi connectivity index (χ4n) is 4.69. The van der Waals surface area contributed by atoms with Gasteiger partial charge in [-0.3, -0.25) is 19.3 Å². The van der Waals surface area contributed by atoms with E-state index in [-0.39, 0.29) is 41.6 Å². The van der Waals surface area contributed by atoms with Crippen molar-refractivity contribution in [3.05, 3.63) is 29.8 Å². The van der Waals surface area contributed by atoms with E-state index in [4.69, 9.17) is 4.74 Å². The second-order valence-electron chi connectivity index (χ2n) is 8.68. The Morgan fingerprint density at radius 2 is 1.89 bits per heavy atom. The van der Waals surface area contributed by atoms with Crippen LogP contribution in [0.3, 0.4) is 0 Å². The molecule has 3 atom stereocenters. The molecule has 3 rings (SSSR count). The van der Waals surface area contributed by atoms with Gasteiger partial charge in [-0.25, -0.2) is 0 Å². The van der Waals surface area contributed by atoms with Gasteiger partial charge in [0.15, 0.2) is 0 Å². The van der Waals surface area contributed by atoms with E-state index in [2.05, 4.69) is 5.32 Å². The molecule has 3 amide bonds. The van der Waals surface area contributed by atoms with E-state index in [1.54, 1.807) is 7.11 Å². The molecular weight excluding hydrogens is 356 g/mol. The minimum Gasteiger partial charge on any atom is -0.497 e. The minimum absolute atomic E-state index is 0.183. The maximum Gasteiger partial charge on any atom is 0.240 e. The first-order chi connectivity index (χ1) is 13.2. The summed E-state index contributed by atoms with van der Waals surface area (Å²) in [5.41, 5.74) is -0.00374. The van der Waals surface area contributed by atoms with Crippen LogP contribution in [0.5, 0.6) is 5.75 Å². The van der Waals surface area contributed by atoms with Crippen molar-refractivity contribution in [2.24, 2.45) is 16.7 Å². The fraction of sp³-hybridized carbons (Fsp3) is 0.591. The molecule has 1 saturated heterocycles. The number of carbonyl (C=O) groups excluding carboxylic acids is 3. The van der Waals surface area contributed by atoms with E-state index >= 15 is 0 Å². The van der Waals surface area contributed by atoms with Gasteiger partial charge in [0.25, 0.3) is 0 Å². The Balaban J connectivity index is 1.72. The number of methoxy groups -OCH3 is 1. The first-order valence-corrected chi connectivity index (χ1v) is 9.94. The highest BCUT2D eigenvalue weighted by Gasteiger charge is 2.64. The molecule has 1 aromatic rings. The number of imide groups is 1. The molecule has 1 saturated carbocycles. The van der Waals surface area contributed by atoms with Crippen LogP contribution in [0.15, 0.2) is 24.3 Å². The number of ether oxygens (including phenoxy) is 1. The molecule has 0 aromatic heterocycles. The minimum atomic E-state index is -0.591. The van der Waals surface area contributed by atoms with Crippen molar-refractivity contribution in [3.8, 4) is 5.75 Å². The molecule has 6 heteroatoms. The Morgan fingerprint density at radius 1 is 1.25 bits per heavy atom. The second kappa shape index (κ2) is 7.22. The number of piperidine rings is 1. The van der Waals surface area contributed by atoms with Crippen LogP contribution in [0, 0.1) is 16.7 Å². The Bertz CT molecular complexity index is 786. The predicted octanol–water partition coefficient (Wildman–Crippen LogP) is 3.07. The monoisotopic (exact) mass is 386 g/mol. The Labute approximate surface area is 166 Å². The lowest BCUT2D eigenvalue weighted by Crippen LogP contribution is -2.60. The average Bonchev–Trinajstić information content (AvgIpc) is 2.87. The van der Waals surface area contributed by atoms with Crippen molar-refractivity contribution in [2.45, 2.75) is 53.0 Å². The van der Waals surface area contributed by atoms with Gasteiger partial charge in [0.05, 0.1) is 18.6 Å². The van der Waals surface area contributed by atoms with Crippen LogP contribution in [-0.2, 0) is 14.4 Å². The predicted molar refractivity (Wildman–Crippen MR) is 106 cm³/mol. The van der Waals surface area contributed by atoms with Crippen LogP contribution < -0.4 is 10.1 Å². The number of benzene rings is 1. The number of likely N-dealkylation sites (tertiary alicyclic amines) is 1. The van der Waals surface area contributed by atoms with Crippen LogP contribution in [0.4, 0.5) is 0 Å². The first kappa shape index (κ1) is 20.4. The SMILES string of the molecule is CC[C@@H](NC(=O)CN1C(=O)[C@H]2CC[C@@](C)(C1=O)C2(C)C)c1ccc(OC)cc1. The summed E-state index contributed by atoms with van der Waals surface area (Å²) in [5.74, 6) is -0.194. The highest BCUT2D eigenvalue weighted by molar-refractivity contribution is 6.06. The third kappa shape index (κ3) is 3.09. The van der Waals surface area contributed by atoms with E-state index in [1.807, 2.05) is 52.0 Å². The van der Waals surface area contributed by atoms with E-state index < -0.39 is 5.41 Å². The normalized spacial score (nSPS) is 26.9. The summed E-state index contributed by atoms with van der Waals surface area (Å²) in [6, 6.07) is 7.34. The quantitative estimate of drug-likeness (QED) is 0.763. The topological polar surface area (TPSA) is 75.7 Å². The van der Waals surface area contributed by atoms with E-state index in [0.717, 1.165) is 11.3 Å². The second-order valence-corrected chi connectivity index (χ2v) is 8.68. The zero-order chi connectivity index (χ0) is 20.7. The summed E-state index contributed by atoms with van der Waals surface area (Å²) in [6.07, 6.45) is 2.10. The van der Waals surface area contributed by atoms with Crippen molar-refractivity contribution in [3.63, 3.8) is 0 Å². The molecule has 152 valence electrons. The number of nitrogens with one attached hydrogen (secondary N) is 1. The van der Waals surface area contributed by atoms with Crippen LogP contribution in [0.25, 0.3) is 0 Å². The molecular formula is C22H30N2O4. The van der Waals surface area contributed by atoms with Crippen LogP contribution >= 0.6 is 0 Å². The van der Waals surface area contributed by atoms with Crippen molar-refractivity contribution in [2.75, 3.05) is 13.7 Å². The van der Waals surface area contributed by atoms with Gasteiger partial charge in [0.2, 0.25) is 17.7 Å². The van der Waals surface area contributed by atoms with Gasteiger partial charge in [0, 0.05) is 5.92 Å². The van der Waals surface area contributed by atoms with Crippen molar-refractivity contribution in [1.82, 2.24) is 10.2 Å². The highest BCUT2D eigenvalue weighted by atomic mass is 16.5. The van der Waals surface area contributed by atoms with Crippen LogP contribution in [0.1, 0.15) is 58.6 Å². The summed E-state index contributed by atoms with van der Waals surface area (Å²) in [5, 5.41) is 2.97. The molecule has 1 N–H and O–H groups in total. The molecule has 6 nitrogen and oxygen atoms in total. The average molecular weight is 386 g/mol. The third-order valence-corrected chi connectivity index (χ3v) is 7.07. The Morgan fingerprint density at radius 3 is 2.46 bits per heavy atom. The number of hydrogen-bond acceptors (Lipinski definition) is 4. The molecule has 2 aliphatic rings. The van der Waals surface area contributed by atoms with E-state index in [0.29, 0.717) is 19.3 Å². The van der Waals surface area contributed by atoms with Crippen molar-refractivity contribution in [1.29, 1.82) is 0 Å². The fourth-order valence-corrected chi connectivity index (χ4v) is 4.69. The molecule has 1 aliphatic heterocycles. The number of fused-ring (bicyclic) bond motifs is 2. The van der Waals surface area contributed by atoms with E-state index in [9.17, 15) is 14.4 Å². The molecule has 1 heterocycles. The Hall–Kier alpha value is -2.37. The van der Waals surface area contributed by atoms with Gasteiger partial charge in [-0.2, -0.15) is 0 Å². The maximum atomic E-state index is 13.1. The molecule has 1 aromatic carbocycles. The molecule has 1 aliphatic carbocycles. The number of hydrogen-bond donors (Lipinski definition) is 1. The molecule has 2 fully saturated rings. The first-order valence-electron chi connectivity index (χ1n) is 9.94. The molecule has 28 heavy (non-hydrogen) atoms. The maximum absolute atomic E-state index is 13.1. The van der Waals surface area contributed by atoms with Crippen LogP contribution in [-0.4, -0.2) is 36.3 Å². The number of nitrogens with zero attached hydrogens (tertiary/aromatic N) is 1. The van der Waals surface area contributed by atoms with Gasteiger partial charge >= 0.3 is 0 Å². The molecule has 2 bridgehead atoms. The van der Waals surface area contributed by atoms with Gasteiger partial charge in [-0.1, -0.05) is 39.8 Å². The number of carbonyl (C=O) groups is 3. The summed E-state index contributed by atoms with van der Waals surface area (Å²) in [4.78, 5) is 39.8. The zero-order valence-electron chi connectivity index (χ0n) is 17.4. The summed E-state index contributed by atoms with van der Waals surface area (Å²) in [6.45, 7) is 7.69. The van der Waals surface area contributed by atoms with E-state index in [1.165, 1.54) is 4.90 Å². The molecule has 0 unspecified atom stereocenters. The Kier molecular flexibility index (Phi) is 5.26. The van der Waals surface area contributed by atoms with Gasteiger partial charge in [-0.05, 0) is 42.4 Å². The molecule has 0 spiro atoms. The largest absolute Gasteiger partial charge is 0.497 e. The van der Waals surface area contributed by atoms with Gasteiger partial charge in [0.1, 0.15) is 12.3 Å². The van der Waals surface area contributed by atoms with Gasteiger partial charge < -0.3 is 10.1 Å².